The average Bonchev–Trinajstić information content (AvgIpc) is 2.83. The Morgan fingerprint density at radius 1 is 1.35 bits per heavy atom. The van der Waals surface area contributed by atoms with E-state index < -0.39 is 17.6 Å². The predicted molar refractivity (Wildman–Crippen MR) is 65.0 cm³/mol. The van der Waals surface area contributed by atoms with Crippen molar-refractivity contribution in [3.8, 4) is 11.5 Å². The number of carbonyl (C=O) groups is 1. The monoisotopic (exact) mass is 282 g/mol. The van der Waals surface area contributed by atoms with Gasteiger partial charge in [0.15, 0.2) is 0 Å². The van der Waals surface area contributed by atoms with Crippen molar-refractivity contribution >= 4 is 5.97 Å². The van der Waals surface area contributed by atoms with Gasteiger partial charge in [-0.15, -0.1) is 10.2 Å². The van der Waals surface area contributed by atoms with Gasteiger partial charge in [-0.25, -0.2) is 8.78 Å². The fourth-order valence-corrected chi connectivity index (χ4v) is 1.70. The van der Waals surface area contributed by atoms with E-state index in [-0.39, 0.29) is 35.7 Å². The van der Waals surface area contributed by atoms with Gasteiger partial charge < -0.3 is 9.52 Å². The zero-order chi connectivity index (χ0) is 14.7. The highest BCUT2D eigenvalue weighted by Gasteiger charge is 2.19. The quantitative estimate of drug-likeness (QED) is 0.912. The Hall–Kier alpha value is -2.31. The normalized spacial score (nSPS) is 10.8. The number of hydrogen-bond acceptors (Lipinski definition) is 4. The molecule has 1 aromatic heterocycles. The molecule has 1 heterocycles. The van der Waals surface area contributed by atoms with Crippen molar-refractivity contribution in [2.45, 2.75) is 26.2 Å². The first-order chi connectivity index (χ1) is 9.49. The Labute approximate surface area is 113 Å². The molecule has 5 nitrogen and oxygen atoms in total. The number of carboxylic acid groups (broad SMARTS) is 1. The van der Waals surface area contributed by atoms with Crippen LogP contribution in [0.15, 0.2) is 16.5 Å². The lowest BCUT2D eigenvalue weighted by molar-refractivity contribution is -0.137. The molecule has 0 aliphatic rings. The molecule has 1 N–H and O–H groups in total. The molecule has 2 aromatic rings. The maximum absolute atomic E-state index is 13.9. The molecule has 0 radical (unpaired) electrons. The van der Waals surface area contributed by atoms with Crippen LogP contribution < -0.4 is 0 Å². The van der Waals surface area contributed by atoms with Crippen molar-refractivity contribution in [2.75, 3.05) is 0 Å². The summed E-state index contributed by atoms with van der Waals surface area (Å²) >= 11 is 0. The molecular formula is C13H12F2N2O3. The zero-order valence-corrected chi connectivity index (χ0v) is 10.7. The second-order valence-electron chi connectivity index (χ2n) is 4.30. The molecule has 0 saturated heterocycles. The van der Waals surface area contributed by atoms with E-state index in [1.54, 1.807) is 0 Å². The third-order valence-corrected chi connectivity index (χ3v) is 2.75. The first kappa shape index (κ1) is 14.1. The van der Waals surface area contributed by atoms with Gasteiger partial charge in [-0.3, -0.25) is 4.79 Å². The third kappa shape index (κ3) is 2.98. The van der Waals surface area contributed by atoms with Crippen LogP contribution >= 0.6 is 0 Å². The lowest BCUT2D eigenvalue weighted by Gasteiger charge is -2.02. The molecule has 0 aliphatic carbocycles. The van der Waals surface area contributed by atoms with E-state index >= 15 is 0 Å². The molecule has 0 unspecified atom stereocenters. The summed E-state index contributed by atoms with van der Waals surface area (Å²) in [7, 11) is 0. The lowest BCUT2D eigenvalue weighted by Crippen LogP contribution is -1.95. The smallest absolute Gasteiger partial charge is 0.303 e. The Bertz CT molecular complexity index is 641. The summed E-state index contributed by atoms with van der Waals surface area (Å²) in [6, 6.07) is 2.44. The number of carboxylic acids is 1. The molecule has 0 bridgehead atoms. The summed E-state index contributed by atoms with van der Waals surface area (Å²) in [5.41, 5.74) is -0.0889. The van der Waals surface area contributed by atoms with Crippen LogP contribution in [0.25, 0.3) is 11.5 Å². The molecule has 0 aliphatic heterocycles. The van der Waals surface area contributed by atoms with E-state index in [9.17, 15) is 13.6 Å². The first-order valence-corrected chi connectivity index (χ1v) is 5.98. The average molecular weight is 282 g/mol. The van der Waals surface area contributed by atoms with Gasteiger partial charge in [0.1, 0.15) is 17.2 Å². The SMILES string of the molecule is Cc1ccc(F)c(-c2nnc(CCCC(=O)O)o2)c1F. The van der Waals surface area contributed by atoms with Gasteiger partial charge in [-0.05, 0) is 25.0 Å². The molecule has 0 atom stereocenters. The van der Waals surface area contributed by atoms with E-state index in [1.165, 1.54) is 13.0 Å². The molecule has 7 heteroatoms. The standard InChI is InChI=1S/C13H12F2N2O3/c1-7-5-6-8(14)11(12(7)15)13-17-16-9(20-13)3-2-4-10(18)19/h5-6H,2-4H2,1H3,(H,18,19). The highest BCUT2D eigenvalue weighted by molar-refractivity contribution is 5.66. The molecule has 106 valence electrons. The topological polar surface area (TPSA) is 76.2 Å². The fraction of sp³-hybridized carbons (Fsp3) is 0.308. The number of nitrogens with zero attached hydrogens (tertiary/aromatic N) is 2. The van der Waals surface area contributed by atoms with E-state index in [4.69, 9.17) is 9.52 Å². The highest BCUT2D eigenvalue weighted by atomic mass is 19.1. The lowest BCUT2D eigenvalue weighted by atomic mass is 10.1. The zero-order valence-electron chi connectivity index (χ0n) is 10.7. The molecule has 2 rings (SSSR count). The molecule has 0 fully saturated rings. The van der Waals surface area contributed by atoms with Gasteiger partial charge in [0, 0.05) is 12.8 Å². The number of aliphatic carboxylic acids is 1. The van der Waals surface area contributed by atoms with Gasteiger partial charge >= 0.3 is 5.97 Å². The van der Waals surface area contributed by atoms with Crippen LogP contribution in [0, 0.1) is 18.6 Å². The largest absolute Gasteiger partial charge is 0.481 e. The molecule has 0 saturated carbocycles. The fourth-order valence-electron chi connectivity index (χ4n) is 1.70. The summed E-state index contributed by atoms with van der Waals surface area (Å²) in [6.45, 7) is 1.50. The van der Waals surface area contributed by atoms with Gasteiger partial charge in [0.2, 0.25) is 5.89 Å². The minimum atomic E-state index is -0.930. The van der Waals surface area contributed by atoms with Crippen molar-refractivity contribution in [1.82, 2.24) is 10.2 Å². The maximum atomic E-state index is 13.9. The number of aryl methyl sites for hydroxylation is 2. The van der Waals surface area contributed by atoms with Crippen molar-refractivity contribution in [1.29, 1.82) is 0 Å². The number of aromatic nitrogens is 2. The summed E-state index contributed by atoms with van der Waals surface area (Å²) in [6.07, 6.45) is 0.523. The van der Waals surface area contributed by atoms with Crippen molar-refractivity contribution < 1.29 is 23.1 Å². The Morgan fingerprint density at radius 2 is 2.10 bits per heavy atom. The van der Waals surface area contributed by atoms with Crippen LogP contribution in [0.1, 0.15) is 24.3 Å². The Kier molecular flexibility index (Phi) is 4.07. The second kappa shape index (κ2) is 5.77. The number of rotatable bonds is 5. The van der Waals surface area contributed by atoms with Crippen LogP contribution in [0.2, 0.25) is 0 Å². The number of halogens is 2. The molecule has 0 amide bonds. The van der Waals surface area contributed by atoms with Gasteiger partial charge in [-0.1, -0.05) is 6.07 Å². The molecule has 0 spiro atoms. The van der Waals surface area contributed by atoms with E-state index in [2.05, 4.69) is 10.2 Å². The third-order valence-electron chi connectivity index (χ3n) is 2.75. The van der Waals surface area contributed by atoms with Crippen LogP contribution in [0.5, 0.6) is 0 Å². The number of hydrogen-bond donors (Lipinski definition) is 1. The first-order valence-electron chi connectivity index (χ1n) is 5.98. The molecular weight excluding hydrogens is 270 g/mol. The summed E-state index contributed by atoms with van der Waals surface area (Å²) < 4.78 is 32.7. The van der Waals surface area contributed by atoms with E-state index in [0.29, 0.717) is 6.42 Å². The summed E-state index contributed by atoms with van der Waals surface area (Å²) in [5, 5.41) is 15.8. The highest BCUT2D eigenvalue weighted by Crippen LogP contribution is 2.27. The van der Waals surface area contributed by atoms with Crippen LogP contribution in [0.4, 0.5) is 8.78 Å². The molecule has 1 aromatic carbocycles. The predicted octanol–water partition coefficient (Wildman–Crippen LogP) is 2.73. The van der Waals surface area contributed by atoms with Gasteiger partial charge in [0.05, 0.1) is 0 Å². The minimum absolute atomic E-state index is 0.0368. The van der Waals surface area contributed by atoms with Crippen molar-refractivity contribution in [3.05, 3.63) is 35.2 Å². The maximum Gasteiger partial charge on any atom is 0.303 e. The van der Waals surface area contributed by atoms with Gasteiger partial charge in [0.25, 0.3) is 5.89 Å². The van der Waals surface area contributed by atoms with Crippen LogP contribution in [-0.2, 0) is 11.2 Å². The van der Waals surface area contributed by atoms with E-state index in [1.807, 2.05) is 0 Å². The molecule has 20 heavy (non-hydrogen) atoms. The summed E-state index contributed by atoms with van der Waals surface area (Å²) in [5.74, 6) is -2.55. The second-order valence-corrected chi connectivity index (χ2v) is 4.30. The minimum Gasteiger partial charge on any atom is -0.481 e. The van der Waals surface area contributed by atoms with E-state index in [0.717, 1.165) is 6.07 Å². The van der Waals surface area contributed by atoms with Crippen molar-refractivity contribution in [3.63, 3.8) is 0 Å². The van der Waals surface area contributed by atoms with Gasteiger partial charge in [-0.2, -0.15) is 0 Å². The Morgan fingerprint density at radius 3 is 2.80 bits per heavy atom. The van der Waals surface area contributed by atoms with Crippen LogP contribution in [-0.4, -0.2) is 21.3 Å². The summed E-state index contributed by atoms with van der Waals surface area (Å²) in [4.78, 5) is 10.4. The van der Waals surface area contributed by atoms with Crippen LogP contribution in [0.3, 0.4) is 0 Å². The Balaban J connectivity index is 2.21. The number of benzene rings is 1. The van der Waals surface area contributed by atoms with Crippen molar-refractivity contribution in [2.24, 2.45) is 0 Å².